The van der Waals surface area contributed by atoms with Gasteiger partial charge in [0.2, 0.25) is 0 Å². The van der Waals surface area contributed by atoms with Crippen LogP contribution in [0.4, 0.5) is 10.1 Å². The summed E-state index contributed by atoms with van der Waals surface area (Å²) >= 11 is 1.89. The summed E-state index contributed by atoms with van der Waals surface area (Å²) < 4.78 is 15.4. The van der Waals surface area contributed by atoms with Crippen molar-refractivity contribution in [3.63, 3.8) is 0 Å². The van der Waals surface area contributed by atoms with Gasteiger partial charge in [-0.1, -0.05) is 6.07 Å². The first-order valence-corrected chi connectivity index (χ1v) is 5.90. The molecule has 0 spiro atoms. The predicted molar refractivity (Wildman–Crippen MR) is 71.1 cm³/mol. The molecule has 4 nitrogen and oxygen atoms in total. The first kappa shape index (κ1) is 12.0. The van der Waals surface area contributed by atoms with Gasteiger partial charge in [-0.25, -0.2) is 9.37 Å². The van der Waals surface area contributed by atoms with Gasteiger partial charge in [0, 0.05) is 17.4 Å². The smallest absolute Gasteiger partial charge is 0.267 e. The maximum absolute atomic E-state index is 13.6. The van der Waals surface area contributed by atoms with E-state index in [0.29, 0.717) is 14.8 Å². The SMILES string of the molecule is Nc1cccc(F)c1Cn1cncc(I)c1=O. The Labute approximate surface area is 110 Å². The van der Waals surface area contributed by atoms with Gasteiger partial charge in [-0.15, -0.1) is 0 Å². The third-order valence-corrected chi connectivity index (χ3v) is 3.08. The fourth-order valence-electron chi connectivity index (χ4n) is 1.45. The fourth-order valence-corrected chi connectivity index (χ4v) is 1.92. The van der Waals surface area contributed by atoms with Crippen molar-refractivity contribution in [2.24, 2.45) is 0 Å². The molecule has 88 valence electrons. The quantitative estimate of drug-likeness (QED) is 0.665. The van der Waals surface area contributed by atoms with Crippen molar-refractivity contribution in [1.82, 2.24) is 9.55 Å². The molecule has 0 bridgehead atoms. The van der Waals surface area contributed by atoms with Crippen molar-refractivity contribution >= 4 is 28.3 Å². The molecule has 1 heterocycles. The number of rotatable bonds is 2. The fraction of sp³-hybridized carbons (Fsp3) is 0.0909. The highest BCUT2D eigenvalue weighted by molar-refractivity contribution is 14.1. The van der Waals surface area contributed by atoms with Crippen LogP contribution in [0.3, 0.4) is 0 Å². The van der Waals surface area contributed by atoms with Crippen molar-refractivity contribution < 1.29 is 4.39 Å². The Morgan fingerprint density at radius 1 is 1.47 bits per heavy atom. The lowest BCUT2D eigenvalue weighted by molar-refractivity contribution is 0.595. The molecule has 0 aliphatic carbocycles. The van der Waals surface area contributed by atoms with Crippen LogP contribution in [0, 0.1) is 9.39 Å². The summed E-state index contributed by atoms with van der Waals surface area (Å²) in [5.41, 5.74) is 6.11. The van der Waals surface area contributed by atoms with Crippen molar-refractivity contribution in [2.45, 2.75) is 6.54 Å². The molecular formula is C11H9FIN3O. The number of hydrogen-bond acceptors (Lipinski definition) is 3. The second kappa shape index (κ2) is 4.82. The summed E-state index contributed by atoms with van der Waals surface area (Å²) in [7, 11) is 0. The van der Waals surface area contributed by atoms with Crippen LogP contribution in [-0.2, 0) is 6.54 Å². The van der Waals surface area contributed by atoms with E-state index >= 15 is 0 Å². The van der Waals surface area contributed by atoms with Crippen molar-refractivity contribution in [3.05, 3.63) is 56.0 Å². The largest absolute Gasteiger partial charge is 0.398 e. The van der Waals surface area contributed by atoms with Gasteiger partial charge < -0.3 is 5.73 Å². The number of nitrogens with zero attached hydrogens (tertiary/aromatic N) is 2. The maximum Gasteiger partial charge on any atom is 0.267 e. The second-order valence-electron chi connectivity index (χ2n) is 3.48. The first-order chi connectivity index (χ1) is 8.09. The van der Waals surface area contributed by atoms with Crippen LogP contribution in [0.2, 0.25) is 0 Å². The molecule has 1 aromatic heterocycles. The molecule has 17 heavy (non-hydrogen) atoms. The summed E-state index contributed by atoms with van der Waals surface area (Å²) in [5.74, 6) is -0.421. The van der Waals surface area contributed by atoms with Crippen molar-refractivity contribution in [3.8, 4) is 0 Å². The molecule has 0 saturated carbocycles. The topological polar surface area (TPSA) is 60.9 Å². The van der Waals surface area contributed by atoms with Crippen LogP contribution in [0.25, 0.3) is 0 Å². The van der Waals surface area contributed by atoms with Crippen LogP contribution in [0.1, 0.15) is 5.56 Å². The molecule has 0 aliphatic heterocycles. The Morgan fingerprint density at radius 3 is 2.94 bits per heavy atom. The van der Waals surface area contributed by atoms with Gasteiger partial charge in [-0.2, -0.15) is 0 Å². The molecule has 1 aromatic carbocycles. The summed E-state index contributed by atoms with van der Waals surface area (Å²) in [4.78, 5) is 15.6. The van der Waals surface area contributed by atoms with Gasteiger partial charge in [-0.05, 0) is 34.7 Å². The molecule has 0 atom stereocenters. The highest BCUT2D eigenvalue weighted by Crippen LogP contribution is 2.16. The van der Waals surface area contributed by atoms with E-state index in [1.54, 1.807) is 6.07 Å². The van der Waals surface area contributed by atoms with Crippen LogP contribution in [0.15, 0.2) is 35.5 Å². The predicted octanol–water partition coefficient (Wildman–Crippen LogP) is 1.62. The van der Waals surface area contributed by atoms with Crippen LogP contribution >= 0.6 is 22.6 Å². The Kier molecular flexibility index (Phi) is 3.41. The van der Waals surface area contributed by atoms with Crippen molar-refractivity contribution in [1.29, 1.82) is 0 Å². The van der Waals surface area contributed by atoms with E-state index in [4.69, 9.17) is 5.73 Å². The number of hydrogen-bond donors (Lipinski definition) is 1. The molecule has 0 saturated heterocycles. The third kappa shape index (κ3) is 2.46. The Morgan fingerprint density at radius 2 is 2.24 bits per heavy atom. The lowest BCUT2D eigenvalue weighted by Crippen LogP contribution is -2.23. The van der Waals surface area contributed by atoms with Crippen LogP contribution in [0.5, 0.6) is 0 Å². The van der Waals surface area contributed by atoms with E-state index in [-0.39, 0.29) is 12.1 Å². The molecule has 2 aromatic rings. The van der Waals surface area contributed by atoms with E-state index < -0.39 is 5.82 Å². The van der Waals surface area contributed by atoms with E-state index in [1.165, 1.54) is 29.2 Å². The van der Waals surface area contributed by atoms with E-state index in [0.717, 1.165) is 0 Å². The molecule has 0 amide bonds. The Bertz CT molecular complexity index is 592. The van der Waals surface area contributed by atoms with Crippen molar-refractivity contribution in [2.75, 3.05) is 5.73 Å². The average molecular weight is 345 g/mol. The van der Waals surface area contributed by atoms with Gasteiger partial charge >= 0.3 is 0 Å². The van der Waals surface area contributed by atoms with E-state index in [9.17, 15) is 9.18 Å². The molecule has 0 aliphatic rings. The summed E-state index contributed by atoms with van der Waals surface area (Å²) in [5, 5.41) is 0. The lowest BCUT2D eigenvalue weighted by Gasteiger charge is -2.09. The van der Waals surface area contributed by atoms with Crippen LogP contribution < -0.4 is 11.3 Å². The molecule has 2 rings (SSSR count). The molecular weight excluding hydrogens is 336 g/mol. The monoisotopic (exact) mass is 345 g/mol. The number of anilines is 1. The minimum Gasteiger partial charge on any atom is -0.398 e. The summed E-state index contributed by atoms with van der Waals surface area (Å²) in [6.45, 7) is 0.0845. The van der Waals surface area contributed by atoms with E-state index in [2.05, 4.69) is 4.98 Å². The molecule has 6 heteroatoms. The van der Waals surface area contributed by atoms with E-state index in [1.807, 2.05) is 22.6 Å². The normalized spacial score (nSPS) is 10.5. The minimum atomic E-state index is -0.421. The highest BCUT2D eigenvalue weighted by Gasteiger charge is 2.08. The number of nitrogens with two attached hydrogens (primary N) is 1. The Balaban J connectivity index is 2.45. The first-order valence-electron chi connectivity index (χ1n) is 4.82. The Hall–Kier alpha value is -1.44. The van der Waals surface area contributed by atoms with Gasteiger partial charge in [0.25, 0.3) is 5.56 Å². The molecule has 0 fully saturated rings. The third-order valence-electron chi connectivity index (χ3n) is 2.34. The molecule has 0 unspecified atom stereocenters. The second-order valence-corrected chi connectivity index (χ2v) is 4.64. The summed E-state index contributed by atoms with van der Waals surface area (Å²) in [6.07, 6.45) is 2.83. The van der Waals surface area contributed by atoms with Crippen LogP contribution in [-0.4, -0.2) is 9.55 Å². The molecule has 0 radical (unpaired) electrons. The highest BCUT2D eigenvalue weighted by atomic mass is 127. The standard InChI is InChI=1S/C11H9FIN3O/c12-8-2-1-3-10(14)7(8)5-16-6-15-4-9(13)11(16)17/h1-4,6H,5,14H2. The number of aromatic nitrogens is 2. The maximum atomic E-state index is 13.6. The minimum absolute atomic E-state index is 0.0845. The number of benzene rings is 1. The average Bonchev–Trinajstić information content (AvgIpc) is 2.29. The van der Waals surface area contributed by atoms with Gasteiger partial charge in [0.1, 0.15) is 5.82 Å². The van der Waals surface area contributed by atoms with Gasteiger partial charge in [-0.3, -0.25) is 9.36 Å². The zero-order valence-corrected chi connectivity index (χ0v) is 10.9. The number of nitrogen functional groups attached to an aromatic ring is 1. The molecule has 2 N–H and O–H groups in total. The summed E-state index contributed by atoms with van der Waals surface area (Å²) in [6, 6.07) is 4.45. The zero-order valence-electron chi connectivity index (χ0n) is 8.73. The number of halogens is 2. The lowest BCUT2D eigenvalue weighted by atomic mass is 10.1. The zero-order chi connectivity index (χ0) is 12.4. The van der Waals surface area contributed by atoms with Gasteiger partial charge in [0.05, 0.1) is 16.4 Å². The van der Waals surface area contributed by atoms with Gasteiger partial charge in [0.15, 0.2) is 0 Å².